The van der Waals surface area contributed by atoms with Gasteiger partial charge in [-0.05, 0) is 25.3 Å². The number of piperidine rings is 1. The second-order valence-corrected chi connectivity index (χ2v) is 4.80. The number of carbonyl (C=O) groups excluding carboxylic acids is 1. The van der Waals surface area contributed by atoms with Crippen LogP contribution in [-0.4, -0.2) is 48.2 Å². The van der Waals surface area contributed by atoms with Gasteiger partial charge in [0.25, 0.3) is 0 Å². The van der Waals surface area contributed by atoms with Gasteiger partial charge >= 0.3 is 0 Å². The van der Waals surface area contributed by atoms with Crippen molar-refractivity contribution < 1.29 is 9.90 Å². The van der Waals surface area contributed by atoms with Crippen LogP contribution in [0.5, 0.6) is 0 Å². The maximum Gasteiger partial charge on any atom is 0.227 e. The van der Waals surface area contributed by atoms with Crippen LogP contribution in [0.15, 0.2) is 0 Å². The molecule has 0 bridgehead atoms. The molecule has 4 nitrogen and oxygen atoms in total. The van der Waals surface area contributed by atoms with E-state index in [1.165, 1.54) is 0 Å². The molecule has 2 N–H and O–H groups in total. The predicted molar refractivity (Wildman–Crippen MR) is 57.3 cm³/mol. The van der Waals surface area contributed by atoms with E-state index in [0.717, 1.165) is 39.0 Å². The van der Waals surface area contributed by atoms with Gasteiger partial charge in [-0.3, -0.25) is 4.79 Å². The molecule has 2 rings (SSSR count). The van der Waals surface area contributed by atoms with Crippen molar-refractivity contribution in [2.75, 3.05) is 26.2 Å². The highest BCUT2D eigenvalue weighted by Gasteiger charge is 2.33. The number of carbonyl (C=O) groups is 1. The summed E-state index contributed by atoms with van der Waals surface area (Å²) in [4.78, 5) is 14.0. The molecule has 2 atom stereocenters. The number of rotatable bonds is 1. The Bertz CT molecular complexity index is 237. The molecule has 0 aromatic heterocycles. The monoisotopic (exact) mass is 212 g/mol. The van der Waals surface area contributed by atoms with Gasteiger partial charge in [0.15, 0.2) is 0 Å². The molecular formula is C11H20N2O2. The zero-order chi connectivity index (χ0) is 10.8. The van der Waals surface area contributed by atoms with E-state index >= 15 is 0 Å². The van der Waals surface area contributed by atoms with E-state index in [4.69, 9.17) is 0 Å². The van der Waals surface area contributed by atoms with Crippen LogP contribution in [0.3, 0.4) is 0 Å². The van der Waals surface area contributed by atoms with Crippen molar-refractivity contribution in [3.8, 4) is 0 Å². The van der Waals surface area contributed by atoms with Crippen molar-refractivity contribution in [2.24, 2.45) is 11.8 Å². The number of hydrogen-bond donors (Lipinski definition) is 2. The molecule has 2 fully saturated rings. The minimum atomic E-state index is -0.201. The Labute approximate surface area is 90.6 Å². The normalized spacial score (nSPS) is 33.3. The summed E-state index contributed by atoms with van der Waals surface area (Å²) >= 11 is 0. The third kappa shape index (κ3) is 2.32. The summed E-state index contributed by atoms with van der Waals surface area (Å²) < 4.78 is 0. The van der Waals surface area contributed by atoms with E-state index in [1.54, 1.807) is 0 Å². The van der Waals surface area contributed by atoms with Crippen molar-refractivity contribution in [1.82, 2.24) is 10.2 Å². The third-order valence-corrected chi connectivity index (χ3v) is 3.61. The lowest BCUT2D eigenvalue weighted by Crippen LogP contribution is -2.44. The minimum Gasteiger partial charge on any atom is -0.393 e. The van der Waals surface area contributed by atoms with Gasteiger partial charge in [0.1, 0.15) is 0 Å². The summed E-state index contributed by atoms with van der Waals surface area (Å²) in [5, 5.41) is 12.6. The summed E-state index contributed by atoms with van der Waals surface area (Å²) in [7, 11) is 0. The topological polar surface area (TPSA) is 52.6 Å². The fourth-order valence-electron chi connectivity index (χ4n) is 2.46. The lowest BCUT2D eigenvalue weighted by atomic mass is 9.95. The highest BCUT2D eigenvalue weighted by Crippen LogP contribution is 2.21. The van der Waals surface area contributed by atoms with Gasteiger partial charge in [0, 0.05) is 19.6 Å². The molecule has 1 amide bonds. The maximum atomic E-state index is 12.1. The smallest absolute Gasteiger partial charge is 0.227 e. The van der Waals surface area contributed by atoms with E-state index in [9.17, 15) is 9.90 Å². The number of amides is 1. The zero-order valence-corrected chi connectivity index (χ0v) is 9.28. The van der Waals surface area contributed by atoms with Crippen LogP contribution < -0.4 is 5.32 Å². The average Bonchev–Trinajstić information content (AvgIpc) is 2.65. The zero-order valence-electron chi connectivity index (χ0n) is 9.28. The lowest BCUT2D eigenvalue weighted by Gasteiger charge is -2.32. The molecule has 2 aliphatic heterocycles. The summed E-state index contributed by atoms with van der Waals surface area (Å²) in [5.74, 6) is 0.879. The van der Waals surface area contributed by atoms with E-state index in [0.29, 0.717) is 5.92 Å². The molecule has 2 heterocycles. The quantitative estimate of drug-likeness (QED) is 0.634. The Morgan fingerprint density at radius 3 is 2.53 bits per heavy atom. The lowest BCUT2D eigenvalue weighted by molar-refractivity contribution is -0.138. The fraction of sp³-hybridized carbons (Fsp3) is 0.909. The largest absolute Gasteiger partial charge is 0.393 e. The van der Waals surface area contributed by atoms with Crippen LogP contribution in [0, 0.1) is 11.8 Å². The highest BCUT2D eigenvalue weighted by molar-refractivity contribution is 5.79. The first-order chi connectivity index (χ1) is 7.18. The van der Waals surface area contributed by atoms with Crippen LogP contribution in [0.4, 0.5) is 0 Å². The fourth-order valence-corrected chi connectivity index (χ4v) is 2.46. The standard InChI is InChI=1S/C11H20N2O2/c1-8-6-12-7-10(8)11(15)13-4-2-9(14)3-5-13/h8-10,12,14H,2-7H2,1H3. The molecule has 2 aliphatic rings. The molecule has 2 saturated heterocycles. The molecule has 0 aromatic carbocycles. The molecule has 0 saturated carbocycles. The first kappa shape index (κ1) is 10.9. The summed E-state index contributed by atoms with van der Waals surface area (Å²) in [6.07, 6.45) is 1.27. The predicted octanol–water partition coefficient (Wildman–Crippen LogP) is -0.175. The average molecular weight is 212 g/mol. The molecule has 0 aromatic rings. The van der Waals surface area contributed by atoms with Crippen molar-refractivity contribution in [1.29, 1.82) is 0 Å². The number of nitrogens with one attached hydrogen (secondary N) is 1. The van der Waals surface area contributed by atoms with E-state index in [2.05, 4.69) is 12.2 Å². The van der Waals surface area contributed by atoms with Crippen molar-refractivity contribution in [3.05, 3.63) is 0 Å². The Balaban J connectivity index is 1.90. The highest BCUT2D eigenvalue weighted by atomic mass is 16.3. The van der Waals surface area contributed by atoms with Crippen LogP contribution in [0.2, 0.25) is 0 Å². The molecule has 0 spiro atoms. The van der Waals surface area contributed by atoms with Gasteiger partial charge in [0.05, 0.1) is 12.0 Å². The van der Waals surface area contributed by atoms with Gasteiger partial charge in [0.2, 0.25) is 5.91 Å². The second kappa shape index (κ2) is 4.49. The van der Waals surface area contributed by atoms with Crippen LogP contribution in [0.25, 0.3) is 0 Å². The first-order valence-electron chi connectivity index (χ1n) is 5.86. The number of hydrogen-bond acceptors (Lipinski definition) is 3. The number of likely N-dealkylation sites (tertiary alicyclic amines) is 1. The van der Waals surface area contributed by atoms with Crippen LogP contribution >= 0.6 is 0 Å². The Kier molecular flexibility index (Phi) is 3.26. The Morgan fingerprint density at radius 1 is 1.33 bits per heavy atom. The summed E-state index contributed by atoms with van der Waals surface area (Å²) in [6, 6.07) is 0. The molecule has 86 valence electrons. The Hall–Kier alpha value is -0.610. The van der Waals surface area contributed by atoms with Crippen molar-refractivity contribution in [2.45, 2.75) is 25.9 Å². The molecule has 2 unspecified atom stereocenters. The number of aliphatic hydroxyl groups excluding tert-OH is 1. The first-order valence-corrected chi connectivity index (χ1v) is 5.86. The SMILES string of the molecule is CC1CNCC1C(=O)N1CCC(O)CC1. The minimum absolute atomic E-state index is 0.153. The molecule has 0 aliphatic carbocycles. The van der Waals surface area contributed by atoms with E-state index < -0.39 is 0 Å². The molecule has 0 radical (unpaired) electrons. The third-order valence-electron chi connectivity index (χ3n) is 3.61. The summed E-state index contributed by atoms with van der Waals surface area (Å²) in [5.41, 5.74) is 0. The van der Waals surface area contributed by atoms with Gasteiger partial charge in [-0.25, -0.2) is 0 Å². The van der Waals surface area contributed by atoms with Gasteiger partial charge in [-0.1, -0.05) is 6.92 Å². The summed E-state index contributed by atoms with van der Waals surface area (Å²) in [6.45, 7) is 5.35. The molecule has 15 heavy (non-hydrogen) atoms. The van der Waals surface area contributed by atoms with Crippen molar-refractivity contribution >= 4 is 5.91 Å². The van der Waals surface area contributed by atoms with Crippen molar-refractivity contribution in [3.63, 3.8) is 0 Å². The number of nitrogens with zero attached hydrogens (tertiary/aromatic N) is 1. The molecule has 4 heteroatoms. The number of aliphatic hydroxyl groups is 1. The van der Waals surface area contributed by atoms with Crippen LogP contribution in [-0.2, 0) is 4.79 Å². The van der Waals surface area contributed by atoms with E-state index in [-0.39, 0.29) is 17.9 Å². The van der Waals surface area contributed by atoms with Gasteiger partial charge in [-0.2, -0.15) is 0 Å². The Morgan fingerprint density at radius 2 is 2.00 bits per heavy atom. The second-order valence-electron chi connectivity index (χ2n) is 4.80. The van der Waals surface area contributed by atoms with Crippen LogP contribution in [0.1, 0.15) is 19.8 Å². The van der Waals surface area contributed by atoms with Gasteiger partial charge in [-0.15, -0.1) is 0 Å². The van der Waals surface area contributed by atoms with E-state index in [1.807, 2.05) is 4.90 Å². The molecular weight excluding hydrogens is 192 g/mol. The van der Waals surface area contributed by atoms with Gasteiger partial charge < -0.3 is 15.3 Å². The maximum absolute atomic E-state index is 12.1.